The zero-order valence-electron chi connectivity index (χ0n) is 13.8. The maximum atomic E-state index is 12.4. The first-order valence-electron chi connectivity index (χ1n) is 7.77. The highest BCUT2D eigenvalue weighted by Gasteiger charge is 2.46. The van der Waals surface area contributed by atoms with Gasteiger partial charge in [-0.1, -0.05) is 48.6 Å². The fraction of sp³-hybridized carbons (Fsp3) is 0.368. The Morgan fingerprint density at radius 1 is 1.04 bits per heavy atom. The molecule has 124 valence electrons. The summed E-state index contributed by atoms with van der Waals surface area (Å²) in [5.41, 5.74) is -0.383. The van der Waals surface area contributed by atoms with Gasteiger partial charge in [-0.05, 0) is 32.3 Å². The average molecular weight is 316 g/mol. The number of carbonyl (C=O) groups is 2. The smallest absolute Gasteiger partial charge is 0.324 e. The lowest BCUT2D eigenvalue weighted by atomic mass is 9.80. The van der Waals surface area contributed by atoms with Gasteiger partial charge in [0.25, 0.3) is 0 Å². The standard InChI is InChI=1S/C19H24O4/c1-4-14-19(17(20)22-5-2,18(21)23-6-3)15-10-13-16-11-8-7-9-12-16/h4,7-13H,1,5-6,14-15H2,2-3H3/b13-10+. The minimum atomic E-state index is -1.38. The number of esters is 2. The molecule has 4 nitrogen and oxygen atoms in total. The Bertz CT molecular complexity index is 528. The normalized spacial score (nSPS) is 11.2. The second-order valence-corrected chi connectivity index (χ2v) is 5.03. The van der Waals surface area contributed by atoms with Crippen LogP contribution in [0.4, 0.5) is 0 Å². The fourth-order valence-electron chi connectivity index (χ4n) is 2.25. The molecule has 0 aliphatic carbocycles. The molecule has 0 atom stereocenters. The molecule has 4 heteroatoms. The molecule has 0 fully saturated rings. The molecule has 0 unspecified atom stereocenters. The van der Waals surface area contributed by atoms with E-state index in [1.54, 1.807) is 26.0 Å². The topological polar surface area (TPSA) is 52.6 Å². The summed E-state index contributed by atoms with van der Waals surface area (Å²) in [6.45, 7) is 7.49. The lowest BCUT2D eigenvalue weighted by Gasteiger charge is -2.26. The molecule has 0 aliphatic rings. The second kappa shape index (κ2) is 9.62. The van der Waals surface area contributed by atoms with Gasteiger partial charge in [0.15, 0.2) is 5.41 Å². The molecule has 0 amide bonds. The van der Waals surface area contributed by atoms with E-state index in [2.05, 4.69) is 6.58 Å². The lowest BCUT2D eigenvalue weighted by Crippen LogP contribution is -2.41. The lowest BCUT2D eigenvalue weighted by molar-refractivity contribution is -0.171. The molecular weight excluding hydrogens is 292 g/mol. The maximum absolute atomic E-state index is 12.4. The highest BCUT2D eigenvalue weighted by molar-refractivity contribution is 6.00. The highest BCUT2D eigenvalue weighted by Crippen LogP contribution is 2.32. The molecule has 0 saturated carbocycles. The number of carbonyl (C=O) groups excluding carboxylic acids is 2. The Morgan fingerprint density at radius 3 is 2.09 bits per heavy atom. The first-order valence-corrected chi connectivity index (χ1v) is 7.77. The van der Waals surface area contributed by atoms with Crippen LogP contribution >= 0.6 is 0 Å². The second-order valence-electron chi connectivity index (χ2n) is 5.03. The minimum Gasteiger partial charge on any atom is -0.465 e. The summed E-state index contributed by atoms with van der Waals surface area (Å²) < 4.78 is 10.2. The first kappa shape index (κ1) is 18.7. The van der Waals surface area contributed by atoms with Crippen LogP contribution in [-0.4, -0.2) is 25.2 Å². The third-order valence-electron chi connectivity index (χ3n) is 3.40. The Balaban J connectivity index is 3.05. The van der Waals surface area contributed by atoms with E-state index in [-0.39, 0.29) is 26.1 Å². The SMILES string of the molecule is C=CCC(C/C=C/c1ccccc1)(C(=O)OCC)C(=O)OCC. The van der Waals surface area contributed by atoms with Gasteiger partial charge in [-0.3, -0.25) is 9.59 Å². The molecule has 0 heterocycles. The maximum Gasteiger partial charge on any atom is 0.324 e. The van der Waals surface area contributed by atoms with Crippen molar-refractivity contribution >= 4 is 18.0 Å². The minimum absolute atomic E-state index is 0.170. The van der Waals surface area contributed by atoms with E-state index in [4.69, 9.17) is 9.47 Å². The Morgan fingerprint density at radius 2 is 1.61 bits per heavy atom. The molecule has 0 radical (unpaired) electrons. The van der Waals surface area contributed by atoms with Gasteiger partial charge in [0.2, 0.25) is 0 Å². The Labute approximate surface area is 137 Å². The summed E-state index contributed by atoms with van der Waals surface area (Å²) in [6, 6.07) is 9.66. The Kier molecular flexibility index (Phi) is 7.81. The van der Waals surface area contributed by atoms with Gasteiger partial charge in [-0.15, -0.1) is 6.58 Å². The van der Waals surface area contributed by atoms with Gasteiger partial charge in [0.05, 0.1) is 13.2 Å². The van der Waals surface area contributed by atoms with Crippen LogP contribution in [0.5, 0.6) is 0 Å². The van der Waals surface area contributed by atoms with E-state index in [9.17, 15) is 9.59 Å². The fourth-order valence-corrected chi connectivity index (χ4v) is 2.25. The number of hydrogen-bond acceptors (Lipinski definition) is 4. The summed E-state index contributed by atoms with van der Waals surface area (Å²) in [5.74, 6) is -1.15. The molecule has 0 saturated heterocycles. The van der Waals surface area contributed by atoms with Crippen molar-refractivity contribution in [2.45, 2.75) is 26.7 Å². The molecule has 0 aromatic heterocycles. The predicted octanol–water partition coefficient (Wildman–Crippen LogP) is 3.78. The van der Waals surface area contributed by atoms with Gasteiger partial charge < -0.3 is 9.47 Å². The van der Waals surface area contributed by atoms with E-state index in [0.717, 1.165) is 5.56 Å². The largest absolute Gasteiger partial charge is 0.465 e. The van der Waals surface area contributed by atoms with Crippen LogP contribution in [0.1, 0.15) is 32.3 Å². The number of rotatable bonds is 9. The van der Waals surface area contributed by atoms with Gasteiger partial charge in [-0.25, -0.2) is 0 Å². The van der Waals surface area contributed by atoms with Crippen LogP contribution in [0.2, 0.25) is 0 Å². The van der Waals surface area contributed by atoms with Crippen LogP contribution in [0.15, 0.2) is 49.1 Å². The van der Waals surface area contributed by atoms with Crippen molar-refractivity contribution in [3.05, 3.63) is 54.6 Å². The zero-order valence-corrected chi connectivity index (χ0v) is 13.8. The summed E-state index contributed by atoms with van der Waals surface area (Å²) >= 11 is 0. The highest BCUT2D eigenvalue weighted by atomic mass is 16.6. The number of hydrogen-bond donors (Lipinski definition) is 0. The van der Waals surface area contributed by atoms with Gasteiger partial charge in [-0.2, -0.15) is 0 Å². The Hall–Kier alpha value is -2.36. The van der Waals surface area contributed by atoms with Gasteiger partial charge >= 0.3 is 11.9 Å². The van der Waals surface area contributed by atoms with E-state index >= 15 is 0 Å². The van der Waals surface area contributed by atoms with Crippen LogP contribution < -0.4 is 0 Å². The van der Waals surface area contributed by atoms with Crippen molar-refractivity contribution in [3.8, 4) is 0 Å². The first-order chi connectivity index (χ1) is 11.1. The van der Waals surface area contributed by atoms with Crippen molar-refractivity contribution in [2.24, 2.45) is 5.41 Å². The molecule has 0 N–H and O–H groups in total. The summed E-state index contributed by atoms with van der Waals surface area (Å²) in [4.78, 5) is 24.8. The summed E-state index contributed by atoms with van der Waals surface area (Å²) in [7, 11) is 0. The monoisotopic (exact) mass is 316 g/mol. The molecule has 23 heavy (non-hydrogen) atoms. The van der Waals surface area contributed by atoms with Crippen LogP contribution in [0.25, 0.3) is 6.08 Å². The molecule has 0 aliphatic heterocycles. The quantitative estimate of drug-likeness (QED) is 0.395. The van der Waals surface area contributed by atoms with Crippen molar-refractivity contribution < 1.29 is 19.1 Å². The third-order valence-corrected chi connectivity index (χ3v) is 3.40. The van der Waals surface area contributed by atoms with E-state index in [1.807, 2.05) is 36.4 Å². The van der Waals surface area contributed by atoms with E-state index < -0.39 is 17.4 Å². The molecule has 0 bridgehead atoms. The molecule has 1 aromatic rings. The van der Waals surface area contributed by atoms with Crippen molar-refractivity contribution in [1.29, 1.82) is 0 Å². The number of benzene rings is 1. The van der Waals surface area contributed by atoms with Crippen molar-refractivity contribution in [2.75, 3.05) is 13.2 Å². The number of allylic oxidation sites excluding steroid dienone is 2. The zero-order chi connectivity index (χ0) is 17.1. The van der Waals surface area contributed by atoms with Crippen LogP contribution in [-0.2, 0) is 19.1 Å². The van der Waals surface area contributed by atoms with Crippen LogP contribution in [0, 0.1) is 5.41 Å². The average Bonchev–Trinajstić information content (AvgIpc) is 2.55. The summed E-state index contributed by atoms with van der Waals surface area (Å²) in [5, 5.41) is 0. The van der Waals surface area contributed by atoms with Gasteiger partial charge in [0.1, 0.15) is 0 Å². The molecule has 1 aromatic carbocycles. The van der Waals surface area contributed by atoms with E-state index in [0.29, 0.717) is 0 Å². The number of ether oxygens (including phenoxy) is 2. The molecule has 0 spiro atoms. The van der Waals surface area contributed by atoms with Crippen molar-refractivity contribution in [1.82, 2.24) is 0 Å². The van der Waals surface area contributed by atoms with E-state index in [1.165, 1.54) is 0 Å². The van der Waals surface area contributed by atoms with Crippen LogP contribution in [0.3, 0.4) is 0 Å². The summed E-state index contributed by atoms with van der Waals surface area (Å²) in [6.07, 6.45) is 5.59. The third kappa shape index (κ3) is 5.09. The van der Waals surface area contributed by atoms with Gasteiger partial charge in [0, 0.05) is 0 Å². The molecular formula is C19H24O4. The molecule has 1 rings (SSSR count). The van der Waals surface area contributed by atoms with Crippen molar-refractivity contribution in [3.63, 3.8) is 0 Å². The predicted molar refractivity (Wildman–Crippen MR) is 90.6 cm³/mol.